The molecule has 0 amide bonds. The van der Waals surface area contributed by atoms with E-state index in [0.29, 0.717) is 0 Å². The lowest BCUT2D eigenvalue weighted by Crippen LogP contribution is -2.35. The topological polar surface area (TPSA) is 73.4 Å². The molecule has 0 aliphatic carbocycles. The van der Waals surface area contributed by atoms with Crippen LogP contribution < -0.4 is 4.74 Å². The molecule has 184 valence electrons. The Labute approximate surface area is 206 Å². The molecule has 1 fully saturated rings. The van der Waals surface area contributed by atoms with Gasteiger partial charge >= 0.3 is 0 Å². The summed E-state index contributed by atoms with van der Waals surface area (Å²) in [7, 11) is 1.74. The number of nitrogens with zero attached hydrogens (tertiary/aromatic N) is 7. The van der Waals surface area contributed by atoms with Crippen molar-refractivity contribution >= 4 is 5.65 Å². The number of hydrogen-bond acceptors (Lipinski definition) is 6. The number of ether oxygens (including phenoxy) is 1. The van der Waals surface area contributed by atoms with Crippen LogP contribution in [-0.2, 0) is 12.8 Å². The van der Waals surface area contributed by atoms with Gasteiger partial charge in [-0.15, -0.1) is 15.3 Å². The molecule has 1 aliphatic heterocycles. The fourth-order valence-corrected chi connectivity index (χ4v) is 5.29. The Balaban J connectivity index is 1.14. The van der Waals surface area contributed by atoms with E-state index in [9.17, 15) is 0 Å². The Kier molecular flexibility index (Phi) is 6.81. The number of fused-ring (bicyclic) bond motifs is 1. The Morgan fingerprint density at radius 3 is 2.63 bits per heavy atom. The van der Waals surface area contributed by atoms with Crippen molar-refractivity contribution < 1.29 is 4.74 Å². The summed E-state index contributed by atoms with van der Waals surface area (Å²) < 4.78 is 9.10. The van der Waals surface area contributed by atoms with Crippen molar-refractivity contribution in [3.63, 3.8) is 0 Å². The van der Waals surface area contributed by atoms with Crippen LogP contribution >= 0.6 is 0 Å². The normalized spacial score (nSPS) is 15.2. The number of likely N-dealkylation sites (tertiary alicyclic amines) is 1. The Hall–Kier alpha value is -3.26. The molecule has 0 radical (unpaired) electrons. The second-order valence-electron chi connectivity index (χ2n) is 9.71. The molecule has 0 unspecified atom stereocenters. The van der Waals surface area contributed by atoms with E-state index in [1.807, 2.05) is 29.8 Å². The molecule has 0 saturated carbocycles. The van der Waals surface area contributed by atoms with Gasteiger partial charge in [-0.3, -0.25) is 0 Å². The molecule has 4 aromatic rings. The number of aryl methyl sites for hydroxylation is 2. The highest BCUT2D eigenvalue weighted by atomic mass is 16.5. The quantitative estimate of drug-likeness (QED) is 0.383. The van der Waals surface area contributed by atoms with Crippen molar-refractivity contribution in [3.8, 4) is 11.6 Å². The summed E-state index contributed by atoms with van der Waals surface area (Å²) in [5.41, 5.74) is 5.72. The van der Waals surface area contributed by atoms with Crippen LogP contribution in [-0.4, -0.2) is 61.2 Å². The summed E-state index contributed by atoms with van der Waals surface area (Å²) >= 11 is 0. The molecule has 0 bridgehead atoms. The van der Waals surface area contributed by atoms with Gasteiger partial charge in [0.25, 0.3) is 0 Å². The van der Waals surface area contributed by atoms with Crippen LogP contribution in [0, 0.1) is 26.7 Å². The summed E-state index contributed by atoms with van der Waals surface area (Å²) in [5, 5.41) is 17.7. The first-order valence-corrected chi connectivity index (χ1v) is 12.6. The zero-order valence-electron chi connectivity index (χ0n) is 21.2. The predicted octanol–water partition coefficient (Wildman–Crippen LogP) is 4.13. The summed E-state index contributed by atoms with van der Waals surface area (Å²) in [6, 6.07) is 12.4. The van der Waals surface area contributed by atoms with Gasteiger partial charge < -0.3 is 9.64 Å². The lowest BCUT2D eigenvalue weighted by Gasteiger charge is -2.32. The summed E-state index contributed by atoms with van der Waals surface area (Å²) in [6.45, 7) is 9.67. The second-order valence-corrected chi connectivity index (χ2v) is 9.71. The van der Waals surface area contributed by atoms with Crippen molar-refractivity contribution in [2.24, 2.45) is 5.92 Å². The number of aromatic nitrogens is 6. The maximum absolute atomic E-state index is 5.38. The minimum atomic E-state index is 0.750. The van der Waals surface area contributed by atoms with Crippen LogP contribution in [0.5, 0.6) is 5.75 Å². The van der Waals surface area contributed by atoms with Gasteiger partial charge in [0.05, 0.1) is 12.8 Å². The molecule has 3 aromatic heterocycles. The number of rotatable bonds is 8. The molecule has 8 heteroatoms. The van der Waals surface area contributed by atoms with Crippen molar-refractivity contribution in [3.05, 3.63) is 64.7 Å². The minimum Gasteiger partial charge on any atom is -0.497 e. The molecular formula is C27H35N7O. The van der Waals surface area contributed by atoms with Crippen LogP contribution in [0.15, 0.2) is 36.4 Å². The highest BCUT2D eigenvalue weighted by Crippen LogP contribution is 2.24. The summed E-state index contributed by atoms with van der Waals surface area (Å²) in [5.74, 6) is 3.29. The SMILES string of the molecule is COc1cccc(CC2CCN(CCCc3c(C)nn(-c4ccc5nnc(C)n5n4)c3C)CC2)c1. The van der Waals surface area contributed by atoms with Gasteiger partial charge in [-0.1, -0.05) is 12.1 Å². The van der Waals surface area contributed by atoms with E-state index in [1.54, 1.807) is 11.6 Å². The lowest BCUT2D eigenvalue weighted by molar-refractivity contribution is 0.182. The average molecular weight is 474 g/mol. The van der Waals surface area contributed by atoms with E-state index in [2.05, 4.69) is 47.1 Å². The van der Waals surface area contributed by atoms with Crippen LogP contribution in [0.4, 0.5) is 0 Å². The Morgan fingerprint density at radius 1 is 1.00 bits per heavy atom. The van der Waals surface area contributed by atoms with E-state index in [1.165, 1.54) is 37.1 Å². The Bertz CT molecular complexity index is 1300. The molecule has 1 saturated heterocycles. The average Bonchev–Trinajstić information content (AvgIpc) is 3.39. The van der Waals surface area contributed by atoms with Crippen molar-refractivity contribution in [2.45, 2.75) is 52.9 Å². The molecule has 5 rings (SSSR count). The Morgan fingerprint density at radius 2 is 1.83 bits per heavy atom. The van der Waals surface area contributed by atoms with Crippen molar-refractivity contribution in [2.75, 3.05) is 26.7 Å². The summed E-state index contributed by atoms with van der Waals surface area (Å²) in [6.07, 6.45) is 5.87. The van der Waals surface area contributed by atoms with Gasteiger partial charge in [-0.25, -0.2) is 4.68 Å². The molecule has 8 nitrogen and oxygen atoms in total. The van der Waals surface area contributed by atoms with Gasteiger partial charge in [0.2, 0.25) is 0 Å². The predicted molar refractivity (Wildman–Crippen MR) is 136 cm³/mol. The maximum atomic E-state index is 5.38. The molecular weight excluding hydrogens is 438 g/mol. The zero-order valence-corrected chi connectivity index (χ0v) is 21.2. The fraction of sp³-hybridized carbons (Fsp3) is 0.481. The van der Waals surface area contributed by atoms with Crippen LogP contribution in [0.25, 0.3) is 11.5 Å². The molecule has 1 aliphatic rings. The van der Waals surface area contributed by atoms with E-state index in [-0.39, 0.29) is 0 Å². The van der Waals surface area contributed by atoms with Crippen LogP contribution in [0.1, 0.15) is 47.6 Å². The first-order valence-electron chi connectivity index (χ1n) is 12.6. The van der Waals surface area contributed by atoms with Crippen molar-refractivity contribution in [1.29, 1.82) is 0 Å². The number of piperidine rings is 1. The number of benzene rings is 1. The number of hydrogen-bond donors (Lipinski definition) is 0. The zero-order chi connectivity index (χ0) is 24.4. The fourth-order valence-electron chi connectivity index (χ4n) is 5.29. The monoisotopic (exact) mass is 473 g/mol. The highest BCUT2D eigenvalue weighted by molar-refractivity contribution is 5.40. The first-order chi connectivity index (χ1) is 17.0. The largest absolute Gasteiger partial charge is 0.497 e. The van der Waals surface area contributed by atoms with E-state index in [4.69, 9.17) is 14.9 Å². The summed E-state index contributed by atoms with van der Waals surface area (Å²) in [4.78, 5) is 2.63. The molecule has 0 N–H and O–H groups in total. The third-order valence-corrected chi connectivity index (χ3v) is 7.33. The molecule has 4 heterocycles. The van der Waals surface area contributed by atoms with E-state index < -0.39 is 0 Å². The lowest BCUT2D eigenvalue weighted by atomic mass is 9.90. The first kappa shape index (κ1) is 23.5. The second kappa shape index (κ2) is 10.2. The van der Waals surface area contributed by atoms with E-state index in [0.717, 1.165) is 66.2 Å². The molecule has 35 heavy (non-hydrogen) atoms. The molecule has 0 spiro atoms. The van der Waals surface area contributed by atoms with Gasteiger partial charge in [0.1, 0.15) is 5.75 Å². The molecule has 0 atom stereocenters. The number of methoxy groups -OCH3 is 1. The van der Waals surface area contributed by atoms with Crippen LogP contribution in [0.3, 0.4) is 0 Å². The van der Waals surface area contributed by atoms with E-state index >= 15 is 0 Å². The third kappa shape index (κ3) is 5.07. The van der Waals surface area contributed by atoms with Crippen LogP contribution in [0.2, 0.25) is 0 Å². The minimum absolute atomic E-state index is 0.750. The standard InChI is InChI=1S/C27H35N7O/c1-19-25(20(2)33(30-19)27-11-10-26-29-28-21(3)34(26)31-27)9-6-14-32-15-12-22(13-16-32)17-23-7-5-8-24(18-23)35-4/h5,7-8,10-11,18,22H,6,9,12-17H2,1-4H3. The maximum Gasteiger partial charge on any atom is 0.178 e. The van der Waals surface area contributed by atoms with Gasteiger partial charge in [0.15, 0.2) is 17.3 Å². The highest BCUT2D eigenvalue weighted by Gasteiger charge is 2.20. The van der Waals surface area contributed by atoms with Gasteiger partial charge in [0, 0.05) is 5.69 Å². The molecule has 1 aromatic carbocycles. The van der Waals surface area contributed by atoms with Gasteiger partial charge in [-0.05, 0) is 114 Å². The third-order valence-electron chi connectivity index (χ3n) is 7.33. The smallest absolute Gasteiger partial charge is 0.178 e. The van der Waals surface area contributed by atoms with Gasteiger partial charge in [-0.2, -0.15) is 9.61 Å². The van der Waals surface area contributed by atoms with Crippen molar-refractivity contribution in [1.82, 2.24) is 34.5 Å².